The van der Waals surface area contributed by atoms with Crippen LogP contribution in [0.2, 0.25) is 0 Å². The molecule has 12 aromatic rings. The van der Waals surface area contributed by atoms with Crippen LogP contribution in [0.4, 0.5) is 17.1 Å². The average molecular weight is 728 g/mol. The van der Waals surface area contributed by atoms with Gasteiger partial charge in [-0.15, -0.1) is 0 Å². The van der Waals surface area contributed by atoms with Gasteiger partial charge in [0.2, 0.25) is 0 Å². The van der Waals surface area contributed by atoms with E-state index in [1.165, 1.54) is 26.9 Å². The first kappa shape index (κ1) is 31.7. The van der Waals surface area contributed by atoms with Crippen LogP contribution >= 0.6 is 0 Å². The summed E-state index contributed by atoms with van der Waals surface area (Å²) in [6, 6.07) is 71.4. The summed E-state index contributed by atoms with van der Waals surface area (Å²) in [7, 11) is 0. The summed E-state index contributed by atoms with van der Waals surface area (Å²) in [5.41, 5.74) is 11.2. The largest absolute Gasteiger partial charge is 0.455 e. The summed E-state index contributed by atoms with van der Waals surface area (Å²) < 4.78 is 13.4. The van der Waals surface area contributed by atoms with Gasteiger partial charge in [0.1, 0.15) is 22.3 Å². The summed E-state index contributed by atoms with van der Waals surface area (Å²) in [4.78, 5) is 2.40. The third-order valence-corrected chi connectivity index (χ3v) is 11.6. The fourth-order valence-corrected chi connectivity index (χ4v) is 9.07. The summed E-state index contributed by atoms with van der Waals surface area (Å²) in [5, 5.41) is 11.6. The standard InChI is InChI=1S/C54H33NO2/c1-2-14-36(15-3-1)50-47(31-32-49-52(50)51-44-20-8-6-17-41(44)42-18-7-9-21-45(42)54(51)57-49)55(39-30-25-34-13-4-5-16-37(34)33-39)38-28-26-35(27-29-38)40-22-12-23-46-43-19-10-11-24-48(43)56-53(40)46/h1-33H. The number of anilines is 3. The number of hydrogen-bond acceptors (Lipinski definition) is 3. The van der Waals surface area contributed by atoms with Crippen LogP contribution in [0.15, 0.2) is 209 Å². The van der Waals surface area contributed by atoms with Crippen molar-refractivity contribution in [3.8, 4) is 22.3 Å². The lowest BCUT2D eigenvalue weighted by atomic mass is 9.92. The predicted octanol–water partition coefficient (Wildman–Crippen LogP) is 15.7. The first-order valence-electron chi connectivity index (χ1n) is 19.4. The maximum atomic E-state index is 6.93. The molecule has 0 atom stereocenters. The molecule has 10 aromatic carbocycles. The van der Waals surface area contributed by atoms with E-state index in [0.717, 1.165) is 88.6 Å². The van der Waals surface area contributed by atoms with Gasteiger partial charge in [0.15, 0.2) is 0 Å². The fourth-order valence-electron chi connectivity index (χ4n) is 9.07. The van der Waals surface area contributed by atoms with E-state index in [2.05, 4.69) is 193 Å². The van der Waals surface area contributed by atoms with Gasteiger partial charge in [0.05, 0.1) is 5.69 Å². The highest BCUT2D eigenvalue weighted by Crippen LogP contribution is 2.50. The highest BCUT2D eigenvalue weighted by atomic mass is 16.3. The Labute approximate surface area is 328 Å². The second-order valence-corrected chi connectivity index (χ2v) is 14.8. The zero-order chi connectivity index (χ0) is 37.5. The molecule has 266 valence electrons. The molecule has 0 fully saturated rings. The number of rotatable bonds is 5. The topological polar surface area (TPSA) is 29.5 Å². The quantitative estimate of drug-likeness (QED) is 0.165. The minimum Gasteiger partial charge on any atom is -0.455 e. The molecular weight excluding hydrogens is 695 g/mol. The molecule has 0 saturated carbocycles. The van der Waals surface area contributed by atoms with Gasteiger partial charge in [-0.05, 0) is 80.5 Å². The van der Waals surface area contributed by atoms with E-state index in [-0.39, 0.29) is 0 Å². The second kappa shape index (κ2) is 12.5. The molecule has 0 radical (unpaired) electrons. The minimum atomic E-state index is 0.863. The molecule has 0 saturated heterocycles. The van der Waals surface area contributed by atoms with E-state index in [4.69, 9.17) is 8.83 Å². The SMILES string of the molecule is c1ccc(-c2c(N(c3ccc(-c4cccc5c4oc4ccccc45)cc3)c3ccc4ccccc4c3)ccc3oc4c5ccccc5c5ccccc5c4c23)cc1. The van der Waals surface area contributed by atoms with Crippen LogP contribution in [0.3, 0.4) is 0 Å². The van der Waals surface area contributed by atoms with Crippen molar-refractivity contribution in [1.29, 1.82) is 0 Å². The Morgan fingerprint density at radius 1 is 0.333 bits per heavy atom. The van der Waals surface area contributed by atoms with Crippen molar-refractivity contribution in [2.45, 2.75) is 0 Å². The normalized spacial score (nSPS) is 11.9. The zero-order valence-corrected chi connectivity index (χ0v) is 30.8. The van der Waals surface area contributed by atoms with E-state index in [0.29, 0.717) is 0 Å². The van der Waals surface area contributed by atoms with Crippen LogP contribution in [0, 0.1) is 0 Å². The molecule has 0 N–H and O–H groups in total. The van der Waals surface area contributed by atoms with Gasteiger partial charge in [-0.25, -0.2) is 0 Å². The fraction of sp³-hybridized carbons (Fsp3) is 0. The van der Waals surface area contributed by atoms with Crippen LogP contribution in [0.5, 0.6) is 0 Å². The Morgan fingerprint density at radius 3 is 1.77 bits per heavy atom. The van der Waals surface area contributed by atoms with Gasteiger partial charge in [0.25, 0.3) is 0 Å². The molecule has 2 heterocycles. The summed E-state index contributed by atoms with van der Waals surface area (Å²) in [5.74, 6) is 0. The van der Waals surface area contributed by atoms with Crippen molar-refractivity contribution in [1.82, 2.24) is 0 Å². The molecule has 0 spiro atoms. The molecule has 0 amide bonds. The van der Waals surface area contributed by atoms with Crippen molar-refractivity contribution in [2.24, 2.45) is 0 Å². The number of para-hydroxylation sites is 2. The van der Waals surface area contributed by atoms with Crippen LogP contribution in [-0.2, 0) is 0 Å². The monoisotopic (exact) mass is 727 g/mol. The van der Waals surface area contributed by atoms with Crippen LogP contribution in [-0.4, -0.2) is 0 Å². The zero-order valence-electron chi connectivity index (χ0n) is 30.8. The lowest BCUT2D eigenvalue weighted by Gasteiger charge is -2.29. The molecule has 0 aliphatic carbocycles. The first-order valence-corrected chi connectivity index (χ1v) is 19.4. The van der Waals surface area contributed by atoms with E-state index in [1.54, 1.807) is 0 Å². The van der Waals surface area contributed by atoms with Gasteiger partial charge in [-0.1, -0.05) is 158 Å². The lowest BCUT2D eigenvalue weighted by molar-refractivity contribution is 0.670. The molecular formula is C54H33NO2. The van der Waals surface area contributed by atoms with Crippen LogP contribution in [0.25, 0.3) is 98.4 Å². The maximum Gasteiger partial charge on any atom is 0.143 e. The molecule has 3 nitrogen and oxygen atoms in total. The summed E-state index contributed by atoms with van der Waals surface area (Å²) in [6.45, 7) is 0. The Morgan fingerprint density at radius 2 is 0.947 bits per heavy atom. The van der Waals surface area contributed by atoms with Crippen molar-refractivity contribution >= 4 is 93.3 Å². The van der Waals surface area contributed by atoms with Crippen molar-refractivity contribution in [3.63, 3.8) is 0 Å². The lowest BCUT2D eigenvalue weighted by Crippen LogP contribution is -2.11. The van der Waals surface area contributed by atoms with E-state index < -0.39 is 0 Å². The number of furan rings is 2. The number of fused-ring (bicyclic) bond motifs is 12. The van der Waals surface area contributed by atoms with E-state index >= 15 is 0 Å². The first-order chi connectivity index (χ1) is 28.3. The van der Waals surface area contributed by atoms with Crippen molar-refractivity contribution in [3.05, 3.63) is 200 Å². The van der Waals surface area contributed by atoms with Gasteiger partial charge in [-0.3, -0.25) is 0 Å². The van der Waals surface area contributed by atoms with E-state index in [1.807, 2.05) is 12.1 Å². The van der Waals surface area contributed by atoms with Crippen LogP contribution < -0.4 is 4.90 Å². The Balaban J connectivity index is 1.14. The molecule has 0 aliphatic heterocycles. The smallest absolute Gasteiger partial charge is 0.143 e. The number of hydrogen-bond donors (Lipinski definition) is 0. The molecule has 0 aliphatic rings. The predicted molar refractivity (Wildman–Crippen MR) is 239 cm³/mol. The van der Waals surface area contributed by atoms with Crippen molar-refractivity contribution < 1.29 is 8.83 Å². The second-order valence-electron chi connectivity index (χ2n) is 14.8. The molecule has 12 rings (SSSR count). The van der Waals surface area contributed by atoms with Gasteiger partial charge in [0, 0.05) is 49.4 Å². The molecule has 0 bridgehead atoms. The van der Waals surface area contributed by atoms with Gasteiger partial charge >= 0.3 is 0 Å². The highest BCUT2D eigenvalue weighted by molar-refractivity contribution is 6.33. The van der Waals surface area contributed by atoms with Gasteiger partial charge < -0.3 is 13.7 Å². The maximum absolute atomic E-state index is 6.93. The third kappa shape index (κ3) is 4.86. The molecule has 0 unspecified atom stereocenters. The van der Waals surface area contributed by atoms with E-state index in [9.17, 15) is 0 Å². The highest BCUT2D eigenvalue weighted by Gasteiger charge is 2.25. The summed E-state index contributed by atoms with van der Waals surface area (Å²) >= 11 is 0. The number of nitrogens with zero attached hydrogens (tertiary/aromatic N) is 1. The third-order valence-electron chi connectivity index (χ3n) is 11.6. The molecule has 57 heavy (non-hydrogen) atoms. The Kier molecular flexibility index (Phi) is 6.93. The number of benzene rings is 10. The average Bonchev–Trinajstić information content (AvgIpc) is 3.87. The van der Waals surface area contributed by atoms with Crippen LogP contribution in [0.1, 0.15) is 0 Å². The Hall–Kier alpha value is -7.62. The Bertz CT molecular complexity index is 3520. The van der Waals surface area contributed by atoms with Gasteiger partial charge in [-0.2, -0.15) is 0 Å². The molecule has 3 heteroatoms. The van der Waals surface area contributed by atoms with Crippen molar-refractivity contribution in [2.75, 3.05) is 4.90 Å². The minimum absolute atomic E-state index is 0.863. The molecule has 2 aromatic heterocycles. The summed E-state index contributed by atoms with van der Waals surface area (Å²) in [6.07, 6.45) is 0.